The first-order valence-corrected chi connectivity index (χ1v) is 7.04. The largest absolute Gasteiger partial charge is 0.444 e. The fraction of sp³-hybridized carbons (Fsp3) is 0.533. The van der Waals surface area contributed by atoms with E-state index in [0.29, 0.717) is 6.54 Å². The van der Waals surface area contributed by atoms with Crippen molar-refractivity contribution in [3.63, 3.8) is 0 Å². The number of nitrogens with one attached hydrogen (secondary N) is 1. The van der Waals surface area contributed by atoms with Crippen LogP contribution in [0.2, 0.25) is 0 Å². The summed E-state index contributed by atoms with van der Waals surface area (Å²) >= 11 is 0. The van der Waals surface area contributed by atoms with Gasteiger partial charge in [0.1, 0.15) is 11.4 Å². The lowest BCUT2D eigenvalue weighted by Gasteiger charge is -2.37. The van der Waals surface area contributed by atoms with Gasteiger partial charge in [0.05, 0.1) is 11.6 Å². The normalized spacial score (nSPS) is 19.2. The van der Waals surface area contributed by atoms with Crippen molar-refractivity contribution in [3.8, 4) is 0 Å². The fourth-order valence-electron chi connectivity index (χ4n) is 2.35. The summed E-state index contributed by atoms with van der Waals surface area (Å²) in [5.41, 5.74) is -1.19. The van der Waals surface area contributed by atoms with Gasteiger partial charge in [-0.3, -0.25) is 4.90 Å². The Morgan fingerprint density at radius 2 is 1.91 bits per heavy atom. The molecule has 1 aliphatic heterocycles. The Morgan fingerprint density at radius 3 is 2.55 bits per heavy atom. The molecule has 122 valence electrons. The van der Waals surface area contributed by atoms with Gasteiger partial charge in [0.2, 0.25) is 0 Å². The van der Waals surface area contributed by atoms with Crippen molar-refractivity contribution < 1.29 is 22.7 Å². The van der Waals surface area contributed by atoms with Gasteiger partial charge in [0.25, 0.3) is 0 Å². The predicted molar refractivity (Wildman–Crippen MR) is 74.9 cm³/mol. The molecule has 1 aromatic carbocycles. The van der Waals surface area contributed by atoms with Gasteiger partial charge >= 0.3 is 6.09 Å². The number of carbonyl (C=O) groups excluding carboxylic acids is 1. The highest BCUT2D eigenvalue weighted by atomic mass is 19.2. The van der Waals surface area contributed by atoms with Gasteiger partial charge in [-0.2, -0.15) is 0 Å². The van der Waals surface area contributed by atoms with Crippen LogP contribution in [0.1, 0.15) is 32.4 Å². The highest BCUT2D eigenvalue weighted by Crippen LogP contribution is 2.29. The lowest BCUT2D eigenvalue weighted by molar-refractivity contribution is 0.0110. The molecule has 1 unspecified atom stereocenters. The van der Waals surface area contributed by atoms with E-state index < -0.39 is 40.8 Å². The zero-order valence-electron chi connectivity index (χ0n) is 12.8. The third-order valence-corrected chi connectivity index (χ3v) is 3.28. The highest BCUT2D eigenvalue weighted by Gasteiger charge is 2.35. The van der Waals surface area contributed by atoms with Crippen LogP contribution in [0.15, 0.2) is 12.1 Å². The molecule has 7 heteroatoms. The van der Waals surface area contributed by atoms with Crippen LogP contribution < -0.4 is 5.32 Å². The molecule has 1 fully saturated rings. The van der Waals surface area contributed by atoms with Crippen LogP contribution in [-0.2, 0) is 4.74 Å². The number of amides is 1. The number of carbonyl (C=O) groups is 1. The number of piperazine rings is 1. The minimum atomic E-state index is -1.28. The van der Waals surface area contributed by atoms with Crippen molar-refractivity contribution in [2.24, 2.45) is 0 Å². The second-order valence-electron chi connectivity index (χ2n) is 6.15. The summed E-state index contributed by atoms with van der Waals surface area (Å²) in [5.74, 6) is -3.31. The van der Waals surface area contributed by atoms with Crippen molar-refractivity contribution >= 4 is 6.09 Å². The first kappa shape index (κ1) is 16.6. The number of benzene rings is 1. The van der Waals surface area contributed by atoms with E-state index in [9.17, 15) is 18.0 Å². The number of ether oxygens (including phenoxy) is 1. The second-order valence-corrected chi connectivity index (χ2v) is 6.15. The third kappa shape index (κ3) is 3.52. The molecule has 1 heterocycles. The number of hydrogen-bond donors (Lipinski definition) is 1. The van der Waals surface area contributed by atoms with Gasteiger partial charge in [0.15, 0.2) is 11.6 Å². The maximum Gasteiger partial charge on any atom is 0.410 e. The summed E-state index contributed by atoms with van der Waals surface area (Å²) < 4.78 is 46.7. The maximum absolute atomic E-state index is 14.0. The molecule has 0 aliphatic carbocycles. The Morgan fingerprint density at radius 1 is 1.27 bits per heavy atom. The number of hydrogen-bond acceptors (Lipinski definition) is 3. The second kappa shape index (κ2) is 6.16. The van der Waals surface area contributed by atoms with E-state index in [1.807, 2.05) is 0 Å². The van der Waals surface area contributed by atoms with Gasteiger partial charge in [0, 0.05) is 19.6 Å². The smallest absolute Gasteiger partial charge is 0.410 e. The van der Waals surface area contributed by atoms with Gasteiger partial charge in [-0.05, 0) is 32.9 Å². The fourth-order valence-corrected chi connectivity index (χ4v) is 2.35. The minimum Gasteiger partial charge on any atom is -0.444 e. The Labute approximate surface area is 127 Å². The van der Waals surface area contributed by atoms with E-state index in [4.69, 9.17) is 4.74 Å². The number of nitrogens with zero attached hydrogens (tertiary/aromatic N) is 1. The first-order valence-electron chi connectivity index (χ1n) is 7.04. The highest BCUT2D eigenvalue weighted by molar-refractivity contribution is 5.69. The molecule has 0 saturated carbocycles. The average molecular weight is 316 g/mol. The monoisotopic (exact) mass is 316 g/mol. The van der Waals surface area contributed by atoms with Crippen molar-refractivity contribution in [3.05, 3.63) is 35.1 Å². The molecule has 0 bridgehead atoms. The quantitative estimate of drug-likeness (QED) is 0.810. The molecule has 2 rings (SSSR count). The molecule has 22 heavy (non-hydrogen) atoms. The minimum absolute atomic E-state index is 0.122. The van der Waals surface area contributed by atoms with Crippen LogP contribution in [0.4, 0.5) is 18.0 Å². The van der Waals surface area contributed by atoms with Crippen molar-refractivity contribution in [1.82, 2.24) is 10.2 Å². The van der Waals surface area contributed by atoms with Gasteiger partial charge in [-0.15, -0.1) is 0 Å². The van der Waals surface area contributed by atoms with Crippen LogP contribution in [0.5, 0.6) is 0 Å². The van der Waals surface area contributed by atoms with Crippen LogP contribution in [0.3, 0.4) is 0 Å². The molecule has 0 spiro atoms. The van der Waals surface area contributed by atoms with Crippen LogP contribution in [0, 0.1) is 17.5 Å². The molecule has 1 aromatic rings. The topological polar surface area (TPSA) is 41.6 Å². The maximum atomic E-state index is 14.0. The Kier molecular flexibility index (Phi) is 4.65. The zero-order valence-corrected chi connectivity index (χ0v) is 12.8. The Bertz CT molecular complexity index is 573. The Hall–Kier alpha value is -1.76. The molecular formula is C15H19F3N2O2. The van der Waals surface area contributed by atoms with Crippen LogP contribution >= 0.6 is 0 Å². The third-order valence-electron chi connectivity index (χ3n) is 3.28. The van der Waals surface area contributed by atoms with E-state index >= 15 is 0 Å². The van der Waals surface area contributed by atoms with Crippen molar-refractivity contribution in [2.45, 2.75) is 32.4 Å². The molecule has 1 saturated heterocycles. The average Bonchev–Trinajstić information content (AvgIpc) is 2.42. The molecule has 1 N–H and O–H groups in total. The van der Waals surface area contributed by atoms with Crippen LogP contribution in [0.25, 0.3) is 0 Å². The summed E-state index contributed by atoms with van der Waals surface area (Å²) in [6.45, 7) is 5.90. The standard InChI is InChI=1S/C15H19F3N2O2/c1-15(2,3)22-14(21)20-7-6-19-8-11(20)12-9(16)4-5-10(17)13(12)18/h4-5,11,19H,6-8H2,1-3H3. The van der Waals surface area contributed by atoms with Crippen LogP contribution in [-0.4, -0.2) is 36.2 Å². The predicted octanol–water partition coefficient (Wildman–Crippen LogP) is 2.99. The van der Waals surface area contributed by atoms with Gasteiger partial charge in [-0.1, -0.05) is 0 Å². The first-order chi connectivity index (χ1) is 10.2. The SMILES string of the molecule is CC(C)(C)OC(=O)N1CCNCC1c1c(F)ccc(F)c1F. The summed E-state index contributed by atoms with van der Waals surface area (Å²) in [6.07, 6.45) is -0.679. The van der Waals surface area contributed by atoms with Crippen molar-refractivity contribution in [2.75, 3.05) is 19.6 Å². The van der Waals surface area contributed by atoms with Crippen molar-refractivity contribution in [1.29, 1.82) is 0 Å². The summed E-state index contributed by atoms with van der Waals surface area (Å²) in [5, 5.41) is 2.95. The van der Waals surface area contributed by atoms with E-state index in [-0.39, 0.29) is 13.1 Å². The summed E-state index contributed by atoms with van der Waals surface area (Å²) in [6, 6.07) is 0.622. The Balaban J connectivity index is 2.35. The molecule has 1 atom stereocenters. The van der Waals surface area contributed by atoms with E-state index in [2.05, 4.69) is 5.32 Å². The lowest BCUT2D eigenvalue weighted by atomic mass is 10.0. The lowest BCUT2D eigenvalue weighted by Crippen LogP contribution is -2.50. The molecule has 1 amide bonds. The summed E-state index contributed by atoms with van der Waals surface area (Å²) in [4.78, 5) is 13.5. The van der Waals surface area contributed by atoms with E-state index in [1.54, 1.807) is 20.8 Å². The van der Waals surface area contributed by atoms with E-state index in [1.165, 1.54) is 4.90 Å². The molecule has 0 radical (unpaired) electrons. The number of rotatable bonds is 1. The number of halogens is 3. The molecule has 4 nitrogen and oxygen atoms in total. The zero-order chi connectivity index (χ0) is 16.5. The van der Waals surface area contributed by atoms with Gasteiger partial charge in [-0.25, -0.2) is 18.0 Å². The molecule has 0 aromatic heterocycles. The van der Waals surface area contributed by atoms with Gasteiger partial charge < -0.3 is 10.1 Å². The summed E-state index contributed by atoms with van der Waals surface area (Å²) in [7, 11) is 0. The van der Waals surface area contributed by atoms with E-state index in [0.717, 1.165) is 12.1 Å². The molecular weight excluding hydrogens is 297 g/mol. The molecule has 1 aliphatic rings.